The lowest BCUT2D eigenvalue weighted by molar-refractivity contribution is -0.135. The van der Waals surface area contributed by atoms with Gasteiger partial charge in [-0.3, -0.25) is 9.59 Å². The lowest BCUT2D eigenvalue weighted by atomic mass is 10.2. The minimum atomic E-state index is -2.03. The second-order valence-corrected chi connectivity index (χ2v) is 16.7. The van der Waals surface area contributed by atoms with Gasteiger partial charge in [0.15, 0.2) is 8.24 Å². The average molecular weight is 354 g/mol. The lowest BCUT2D eigenvalue weighted by Crippen LogP contribution is -2.53. The molecular formula is C16H27NO4Si2. The summed E-state index contributed by atoms with van der Waals surface area (Å²) in [7, 11) is -2.41. The van der Waals surface area contributed by atoms with Gasteiger partial charge in [-0.25, -0.2) is 0 Å². The Kier molecular flexibility index (Phi) is 6.18. The number of hydrogen-bond donors (Lipinski definition) is 0. The van der Waals surface area contributed by atoms with E-state index in [1.807, 2.05) is 39.3 Å². The summed E-state index contributed by atoms with van der Waals surface area (Å²) in [6.07, 6.45) is 0. The molecule has 1 aromatic carbocycles. The van der Waals surface area contributed by atoms with Crippen molar-refractivity contribution >= 4 is 28.4 Å². The van der Waals surface area contributed by atoms with Crippen LogP contribution in [-0.2, 0) is 9.22 Å². The molecule has 1 rings (SSSR count). The SMILES string of the molecule is COc1ccc(C(=O)N(CC(=O)O[Si](C)(C)C)[Si](C)(C)C)cc1. The summed E-state index contributed by atoms with van der Waals surface area (Å²) < 4.78 is 12.3. The summed E-state index contributed by atoms with van der Waals surface area (Å²) in [5.74, 6) is 0.229. The van der Waals surface area contributed by atoms with Crippen LogP contribution >= 0.6 is 0 Å². The van der Waals surface area contributed by atoms with Crippen LogP contribution in [0.3, 0.4) is 0 Å². The van der Waals surface area contributed by atoms with Gasteiger partial charge in [-0.2, -0.15) is 0 Å². The standard InChI is InChI=1S/C16H27NO4Si2/c1-20-14-10-8-13(9-11-14)16(19)17(22(2,3)4)12-15(18)21-23(5,6)7/h8-11H,12H2,1-7H3. The first-order valence-electron chi connectivity index (χ1n) is 7.62. The van der Waals surface area contributed by atoms with Gasteiger partial charge in [-0.05, 0) is 43.9 Å². The highest BCUT2D eigenvalue weighted by molar-refractivity contribution is 6.76. The molecule has 23 heavy (non-hydrogen) atoms. The van der Waals surface area contributed by atoms with E-state index in [9.17, 15) is 9.59 Å². The van der Waals surface area contributed by atoms with Gasteiger partial charge >= 0.3 is 5.97 Å². The number of rotatable bonds is 6. The van der Waals surface area contributed by atoms with Gasteiger partial charge in [-0.15, -0.1) is 0 Å². The maximum absolute atomic E-state index is 12.8. The predicted octanol–water partition coefficient (Wildman–Crippen LogP) is 3.35. The fourth-order valence-corrected chi connectivity index (χ4v) is 4.10. The van der Waals surface area contributed by atoms with Crippen LogP contribution in [0.25, 0.3) is 0 Å². The van der Waals surface area contributed by atoms with E-state index in [1.165, 1.54) is 0 Å². The molecule has 0 aliphatic rings. The van der Waals surface area contributed by atoms with E-state index < -0.39 is 16.6 Å². The van der Waals surface area contributed by atoms with Crippen LogP contribution in [0.15, 0.2) is 24.3 Å². The monoisotopic (exact) mass is 353 g/mol. The molecule has 0 fully saturated rings. The number of methoxy groups -OCH3 is 1. The van der Waals surface area contributed by atoms with Crippen LogP contribution in [0, 0.1) is 0 Å². The van der Waals surface area contributed by atoms with Crippen LogP contribution in [0.1, 0.15) is 10.4 Å². The predicted molar refractivity (Wildman–Crippen MR) is 96.8 cm³/mol. The van der Waals surface area contributed by atoms with Crippen molar-refractivity contribution in [2.24, 2.45) is 0 Å². The van der Waals surface area contributed by atoms with E-state index >= 15 is 0 Å². The van der Waals surface area contributed by atoms with Crippen LogP contribution in [0.2, 0.25) is 39.3 Å². The van der Waals surface area contributed by atoms with Crippen molar-refractivity contribution in [2.45, 2.75) is 39.3 Å². The molecule has 128 valence electrons. The van der Waals surface area contributed by atoms with E-state index in [0.717, 1.165) is 0 Å². The number of hydrogen-bond acceptors (Lipinski definition) is 4. The molecule has 0 atom stereocenters. The first-order valence-corrected chi connectivity index (χ1v) is 14.5. The first-order chi connectivity index (χ1) is 10.4. The topological polar surface area (TPSA) is 55.8 Å². The Morgan fingerprint density at radius 2 is 1.52 bits per heavy atom. The molecule has 1 aromatic rings. The van der Waals surface area contributed by atoms with Crippen LogP contribution < -0.4 is 4.74 Å². The summed E-state index contributed by atoms with van der Waals surface area (Å²) in [4.78, 5) is 25.0. The fourth-order valence-electron chi connectivity index (χ4n) is 2.01. The van der Waals surface area contributed by atoms with Gasteiger partial charge in [0.05, 0.1) is 7.11 Å². The number of carbonyl (C=O) groups is 2. The van der Waals surface area contributed by atoms with E-state index in [0.29, 0.717) is 11.3 Å². The van der Waals surface area contributed by atoms with Crippen molar-refractivity contribution in [3.05, 3.63) is 29.8 Å². The molecule has 0 saturated heterocycles. The number of benzene rings is 1. The average Bonchev–Trinajstić information content (AvgIpc) is 2.41. The Hall–Kier alpha value is -1.61. The summed E-state index contributed by atoms with van der Waals surface area (Å²) >= 11 is 0. The molecule has 0 aliphatic carbocycles. The number of nitrogens with zero attached hydrogens (tertiary/aromatic N) is 1. The van der Waals surface area contributed by atoms with Crippen molar-refractivity contribution < 1.29 is 18.8 Å². The van der Waals surface area contributed by atoms with Crippen molar-refractivity contribution in [1.29, 1.82) is 0 Å². The van der Waals surface area contributed by atoms with Crippen molar-refractivity contribution in [3.63, 3.8) is 0 Å². The molecule has 7 heteroatoms. The fraction of sp³-hybridized carbons (Fsp3) is 0.500. The molecule has 0 spiro atoms. The molecule has 0 heterocycles. The Morgan fingerprint density at radius 3 is 1.91 bits per heavy atom. The second-order valence-electron chi connectivity index (χ2n) is 7.38. The number of carbonyl (C=O) groups excluding carboxylic acids is 2. The molecule has 0 N–H and O–H groups in total. The molecule has 0 aromatic heterocycles. The lowest BCUT2D eigenvalue weighted by Gasteiger charge is -2.34. The Labute approximate surface area is 140 Å². The van der Waals surface area contributed by atoms with Gasteiger partial charge in [0.1, 0.15) is 12.3 Å². The zero-order valence-electron chi connectivity index (χ0n) is 15.1. The smallest absolute Gasteiger partial charge is 0.311 e. The van der Waals surface area contributed by atoms with Crippen LogP contribution in [-0.4, -0.2) is 46.6 Å². The highest BCUT2D eigenvalue weighted by atomic mass is 28.4. The number of ether oxygens (including phenoxy) is 1. The minimum Gasteiger partial charge on any atom is -0.519 e. The summed E-state index contributed by atoms with van der Waals surface area (Å²) in [6.45, 7) is 12.0. The van der Waals surface area contributed by atoms with Gasteiger partial charge in [0, 0.05) is 5.56 Å². The van der Waals surface area contributed by atoms with E-state index in [-0.39, 0.29) is 18.4 Å². The third-order valence-electron chi connectivity index (χ3n) is 3.10. The van der Waals surface area contributed by atoms with Gasteiger partial charge < -0.3 is 13.7 Å². The van der Waals surface area contributed by atoms with Crippen LogP contribution in [0.5, 0.6) is 5.75 Å². The highest BCUT2D eigenvalue weighted by Gasteiger charge is 2.32. The quantitative estimate of drug-likeness (QED) is 0.736. The Balaban J connectivity index is 2.97. The largest absolute Gasteiger partial charge is 0.519 e. The maximum Gasteiger partial charge on any atom is 0.311 e. The van der Waals surface area contributed by atoms with Gasteiger partial charge in [0.25, 0.3) is 0 Å². The maximum atomic E-state index is 12.8. The molecule has 0 radical (unpaired) electrons. The summed E-state index contributed by atoms with van der Waals surface area (Å²) in [6, 6.07) is 6.93. The zero-order chi connectivity index (χ0) is 17.8. The molecule has 0 bridgehead atoms. The minimum absolute atomic E-state index is 0.00482. The summed E-state index contributed by atoms with van der Waals surface area (Å²) in [5, 5.41) is 0. The third-order valence-corrected chi connectivity index (χ3v) is 5.92. The van der Waals surface area contributed by atoms with Crippen molar-refractivity contribution in [3.8, 4) is 5.75 Å². The second kappa shape index (κ2) is 7.31. The molecule has 1 amide bonds. The third kappa shape index (κ3) is 6.19. The molecule has 5 nitrogen and oxygen atoms in total. The molecule has 0 saturated carbocycles. The first kappa shape index (κ1) is 19.4. The highest BCUT2D eigenvalue weighted by Crippen LogP contribution is 2.18. The van der Waals surface area contributed by atoms with Crippen LogP contribution in [0.4, 0.5) is 0 Å². The Morgan fingerprint density at radius 1 is 1.00 bits per heavy atom. The normalized spacial score (nSPS) is 11.8. The summed E-state index contributed by atoms with van der Waals surface area (Å²) in [5.41, 5.74) is 0.550. The number of amides is 1. The van der Waals surface area contributed by atoms with E-state index in [4.69, 9.17) is 9.16 Å². The van der Waals surface area contributed by atoms with Gasteiger partial charge in [-0.1, -0.05) is 19.6 Å². The van der Waals surface area contributed by atoms with Crippen molar-refractivity contribution in [2.75, 3.05) is 13.7 Å². The van der Waals surface area contributed by atoms with Gasteiger partial charge in [0.2, 0.25) is 14.2 Å². The molecular weight excluding hydrogens is 326 g/mol. The molecule has 0 aliphatic heterocycles. The van der Waals surface area contributed by atoms with E-state index in [2.05, 4.69) is 0 Å². The molecule has 0 unspecified atom stereocenters. The Bertz CT molecular complexity index is 559. The van der Waals surface area contributed by atoms with E-state index in [1.54, 1.807) is 35.9 Å². The van der Waals surface area contributed by atoms with Crippen molar-refractivity contribution in [1.82, 2.24) is 4.57 Å². The zero-order valence-corrected chi connectivity index (χ0v) is 17.1.